The number of rotatable bonds is 3. The zero-order valence-electron chi connectivity index (χ0n) is 9.39. The van der Waals surface area contributed by atoms with Crippen LogP contribution in [0.25, 0.3) is 22.7 Å². The van der Waals surface area contributed by atoms with Crippen LogP contribution in [0.4, 0.5) is 0 Å². The number of oxazole rings is 1. The molecule has 0 fully saturated rings. The molecule has 2 heterocycles. The Hall–Kier alpha value is -1.43. The molecule has 18 heavy (non-hydrogen) atoms. The van der Waals surface area contributed by atoms with Crippen LogP contribution < -0.4 is 5.73 Å². The molecule has 0 aliphatic rings. The maximum Gasteiger partial charge on any atom is 0.247 e. The summed E-state index contributed by atoms with van der Waals surface area (Å²) in [5, 5.41) is 3.47. The minimum Gasteiger partial charge on any atom is -0.433 e. The van der Waals surface area contributed by atoms with E-state index in [1.54, 1.807) is 17.4 Å². The van der Waals surface area contributed by atoms with Gasteiger partial charge in [-0.25, -0.2) is 9.97 Å². The van der Waals surface area contributed by atoms with E-state index in [1.165, 1.54) is 0 Å². The van der Waals surface area contributed by atoms with E-state index in [2.05, 4.69) is 9.97 Å². The minimum atomic E-state index is 0.498. The molecule has 0 saturated carbocycles. The van der Waals surface area contributed by atoms with E-state index in [0.29, 0.717) is 23.0 Å². The molecule has 0 spiro atoms. The average Bonchev–Trinajstić information content (AvgIpc) is 2.96. The summed E-state index contributed by atoms with van der Waals surface area (Å²) in [6.45, 7) is 0.590. The third-order valence-electron chi connectivity index (χ3n) is 2.50. The number of benzene rings is 1. The molecule has 0 amide bonds. The van der Waals surface area contributed by atoms with Crippen LogP contribution in [0.15, 0.2) is 28.0 Å². The van der Waals surface area contributed by atoms with Gasteiger partial charge in [-0.3, -0.25) is 0 Å². The van der Waals surface area contributed by atoms with Gasteiger partial charge in [0.05, 0.1) is 10.0 Å². The van der Waals surface area contributed by atoms with Crippen molar-refractivity contribution in [3.63, 3.8) is 0 Å². The lowest BCUT2D eigenvalue weighted by Crippen LogP contribution is -2.01. The Bertz CT molecular complexity index is 692. The average molecular weight is 280 g/mol. The Morgan fingerprint density at radius 1 is 1.33 bits per heavy atom. The van der Waals surface area contributed by atoms with Crippen LogP contribution in [0, 0.1) is 0 Å². The van der Waals surface area contributed by atoms with E-state index in [1.807, 2.05) is 17.5 Å². The molecular formula is C12H10ClN3OS. The van der Waals surface area contributed by atoms with Gasteiger partial charge in [-0.05, 0) is 18.7 Å². The van der Waals surface area contributed by atoms with Gasteiger partial charge in [0.15, 0.2) is 5.58 Å². The van der Waals surface area contributed by atoms with E-state index >= 15 is 0 Å². The summed E-state index contributed by atoms with van der Waals surface area (Å²) in [6, 6.07) is 5.49. The van der Waals surface area contributed by atoms with Crippen molar-refractivity contribution in [2.24, 2.45) is 5.73 Å². The highest BCUT2D eigenvalue weighted by Gasteiger charge is 2.13. The monoisotopic (exact) mass is 279 g/mol. The predicted molar refractivity (Wildman–Crippen MR) is 72.9 cm³/mol. The first kappa shape index (κ1) is 11.6. The highest BCUT2D eigenvalue weighted by molar-refractivity contribution is 7.09. The first-order valence-corrected chi connectivity index (χ1v) is 6.73. The van der Waals surface area contributed by atoms with Crippen molar-refractivity contribution in [3.8, 4) is 11.6 Å². The fraction of sp³-hybridized carbons (Fsp3) is 0.167. The lowest BCUT2D eigenvalue weighted by atomic mass is 10.3. The summed E-state index contributed by atoms with van der Waals surface area (Å²) in [5.74, 6) is 0.498. The van der Waals surface area contributed by atoms with E-state index in [4.69, 9.17) is 21.8 Å². The Morgan fingerprint density at radius 2 is 2.22 bits per heavy atom. The summed E-state index contributed by atoms with van der Waals surface area (Å²) < 4.78 is 5.65. The molecule has 3 rings (SSSR count). The SMILES string of the molecule is NCCc1nc(-c2nc3cccc(Cl)c3o2)cs1. The molecule has 3 aromatic rings. The number of nitrogens with zero attached hydrogens (tertiary/aromatic N) is 2. The lowest BCUT2D eigenvalue weighted by Gasteiger charge is -1.89. The van der Waals surface area contributed by atoms with Crippen molar-refractivity contribution in [1.29, 1.82) is 0 Å². The second-order valence-electron chi connectivity index (χ2n) is 3.77. The fourth-order valence-corrected chi connectivity index (χ4v) is 2.67. The molecule has 6 heteroatoms. The molecule has 92 valence electrons. The van der Waals surface area contributed by atoms with Gasteiger partial charge in [-0.2, -0.15) is 0 Å². The summed E-state index contributed by atoms with van der Waals surface area (Å²) in [5.41, 5.74) is 7.57. The molecule has 1 aromatic carbocycles. The third-order valence-corrected chi connectivity index (χ3v) is 3.70. The zero-order chi connectivity index (χ0) is 12.5. The van der Waals surface area contributed by atoms with Crippen molar-refractivity contribution in [3.05, 3.63) is 33.6 Å². The molecule has 0 radical (unpaired) electrons. The van der Waals surface area contributed by atoms with Crippen molar-refractivity contribution in [2.45, 2.75) is 6.42 Å². The molecule has 0 saturated heterocycles. The van der Waals surface area contributed by atoms with E-state index in [9.17, 15) is 0 Å². The Balaban J connectivity index is 2.05. The maximum absolute atomic E-state index is 6.04. The van der Waals surface area contributed by atoms with E-state index < -0.39 is 0 Å². The lowest BCUT2D eigenvalue weighted by molar-refractivity contribution is 0.617. The van der Waals surface area contributed by atoms with Gasteiger partial charge < -0.3 is 10.2 Å². The van der Waals surface area contributed by atoms with Gasteiger partial charge in [0.1, 0.15) is 11.2 Å². The Labute approximate surface area is 112 Å². The fourth-order valence-electron chi connectivity index (χ4n) is 1.67. The number of halogens is 1. The van der Waals surface area contributed by atoms with Gasteiger partial charge in [-0.15, -0.1) is 11.3 Å². The van der Waals surface area contributed by atoms with Crippen molar-refractivity contribution in [1.82, 2.24) is 9.97 Å². The minimum absolute atomic E-state index is 0.498. The largest absolute Gasteiger partial charge is 0.433 e. The molecule has 4 nitrogen and oxygen atoms in total. The van der Waals surface area contributed by atoms with Gasteiger partial charge in [0.2, 0.25) is 5.89 Å². The molecule has 0 aliphatic carbocycles. The molecule has 0 bridgehead atoms. The van der Waals surface area contributed by atoms with Crippen LogP contribution in [0.2, 0.25) is 5.02 Å². The summed E-state index contributed by atoms with van der Waals surface area (Å²) in [6.07, 6.45) is 0.769. The van der Waals surface area contributed by atoms with E-state index in [0.717, 1.165) is 22.6 Å². The number of aromatic nitrogens is 2. The van der Waals surface area contributed by atoms with Crippen molar-refractivity contribution >= 4 is 34.0 Å². The normalized spacial score (nSPS) is 11.2. The maximum atomic E-state index is 6.04. The Kier molecular flexibility index (Phi) is 3.03. The highest BCUT2D eigenvalue weighted by Crippen LogP contribution is 2.29. The van der Waals surface area contributed by atoms with Crippen LogP contribution in [0.1, 0.15) is 5.01 Å². The standard InChI is InChI=1S/C12H10ClN3OS/c13-7-2-1-3-8-11(7)17-12(16-8)9-6-18-10(15-9)4-5-14/h1-3,6H,4-5,14H2. The van der Waals surface area contributed by atoms with Gasteiger partial charge >= 0.3 is 0 Å². The predicted octanol–water partition coefficient (Wildman–Crippen LogP) is 3.11. The number of fused-ring (bicyclic) bond motifs is 1. The quantitative estimate of drug-likeness (QED) is 0.800. The molecule has 0 unspecified atom stereocenters. The zero-order valence-corrected chi connectivity index (χ0v) is 11.0. The van der Waals surface area contributed by atoms with Crippen LogP contribution in [0.3, 0.4) is 0 Å². The van der Waals surface area contributed by atoms with Crippen LogP contribution in [0.5, 0.6) is 0 Å². The van der Waals surface area contributed by atoms with Gasteiger partial charge in [0, 0.05) is 11.8 Å². The van der Waals surface area contributed by atoms with Crippen molar-refractivity contribution < 1.29 is 4.42 Å². The number of thiazole rings is 1. The van der Waals surface area contributed by atoms with Crippen molar-refractivity contribution in [2.75, 3.05) is 6.54 Å². The summed E-state index contributed by atoms with van der Waals surface area (Å²) >= 11 is 7.60. The first-order valence-electron chi connectivity index (χ1n) is 5.48. The molecule has 2 aromatic heterocycles. The molecule has 0 aliphatic heterocycles. The second kappa shape index (κ2) is 4.68. The Morgan fingerprint density at radius 3 is 3.00 bits per heavy atom. The molecule has 2 N–H and O–H groups in total. The molecular weight excluding hydrogens is 270 g/mol. The van der Waals surface area contributed by atoms with Crippen LogP contribution in [-0.4, -0.2) is 16.5 Å². The summed E-state index contributed by atoms with van der Waals surface area (Å²) in [4.78, 5) is 8.81. The van der Waals surface area contributed by atoms with Crippen LogP contribution >= 0.6 is 22.9 Å². The second-order valence-corrected chi connectivity index (χ2v) is 5.12. The highest BCUT2D eigenvalue weighted by atomic mass is 35.5. The molecule has 0 atom stereocenters. The number of nitrogens with two attached hydrogens (primary N) is 1. The smallest absolute Gasteiger partial charge is 0.247 e. The summed E-state index contributed by atoms with van der Waals surface area (Å²) in [7, 11) is 0. The topological polar surface area (TPSA) is 64.9 Å². The third kappa shape index (κ3) is 2.01. The number of hydrogen-bond acceptors (Lipinski definition) is 5. The number of para-hydroxylation sites is 1. The number of hydrogen-bond donors (Lipinski definition) is 1. The first-order chi connectivity index (χ1) is 8.78. The van der Waals surface area contributed by atoms with Gasteiger partial charge in [-0.1, -0.05) is 17.7 Å². The van der Waals surface area contributed by atoms with E-state index in [-0.39, 0.29) is 0 Å². The van der Waals surface area contributed by atoms with Crippen LogP contribution in [-0.2, 0) is 6.42 Å². The van der Waals surface area contributed by atoms with Gasteiger partial charge in [0.25, 0.3) is 0 Å².